The summed E-state index contributed by atoms with van der Waals surface area (Å²) in [6.07, 6.45) is 0.612. The Balaban J connectivity index is 1.93. The third kappa shape index (κ3) is 4.70. The Morgan fingerprint density at radius 3 is 2.50 bits per heavy atom. The van der Waals surface area contributed by atoms with Gasteiger partial charge in [0.15, 0.2) is 0 Å². The number of amides is 1. The molecule has 0 fully saturated rings. The molecule has 0 saturated heterocycles. The maximum Gasteiger partial charge on any atom is 0.387 e. The Kier molecular flexibility index (Phi) is 5.72. The predicted molar refractivity (Wildman–Crippen MR) is 80.6 cm³/mol. The molecule has 0 bridgehead atoms. The van der Waals surface area contributed by atoms with Crippen molar-refractivity contribution < 1.29 is 18.3 Å². The number of carbonyl (C=O) groups excluding carboxylic acids is 1. The molecule has 6 heteroatoms. The molecular weight excluding hydrogens is 312 g/mol. The van der Waals surface area contributed by atoms with Crippen molar-refractivity contribution >= 4 is 17.5 Å². The molecule has 0 spiro atoms. The molecule has 116 valence electrons. The van der Waals surface area contributed by atoms with E-state index in [-0.39, 0.29) is 11.3 Å². The highest BCUT2D eigenvalue weighted by atomic mass is 35.5. The van der Waals surface area contributed by atoms with Crippen molar-refractivity contribution in [2.45, 2.75) is 13.0 Å². The zero-order chi connectivity index (χ0) is 15.9. The van der Waals surface area contributed by atoms with Gasteiger partial charge in [-0.25, -0.2) is 0 Å². The second kappa shape index (κ2) is 7.75. The summed E-state index contributed by atoms with van der Waals surface area (Å²) in [5.74, 6) is -0.591. The van der Waals surface area contributed by atoms with E-state index in [0.29, 0.717) is 18.0 Å². The van der Waals surface area contributed by atoms with Crippen LogP contribution in [0, 0.1) is 0 Å². The first kappa shape index (κ1) is 16.2. The molecule has 0 saturated carbocycles. The van der Waals surface area contributed by atoms with Crippen LogP contribution in [0.3, 0.4) is 0 Å². The molecule has 0 aliphatic rings. The van der Waals surface area contributed by atoms with Gasteiger partial charge in [-0.1, -0.05) is 35.9 Å². The van der Waals surface area contributed by atoms with Crippen LogP contribution in [0.1, 0.15) is 15.9 Å². The van der Waals surface area contributed by atoms with Gasteiger partial charge in [-0.15, -0.1) is 0 Å². The molecule has 0 radical (unpaired) electrons. The van der Waals surface area contributed by atoms with Crippen LogP contribution in [0.25, 0.3) is 0 Å². The minimum Gasteiger partial charge on any atom is -0.434 e. The molecule has 2 aromatic carbocycles. The molecule has 0 aliphatic heterocycles. The van der Waals surface area contributed by atoms with Gasteiger partial charge < -0.3 is 10.1 Å². The van der Waals surface area contributed by atoms with Crippen LogP contribution < -0.4 is 10.1 Å². The standard InChI is InChI=1S/C16H14ClF2NO2/c17-12-7-5-11(6-8-12)9-10-20-15(21)13-3-1-2-4-14(13)22-16(18)19/h1-8,16H,9-10H2,(H,20,21). The van der Waals surface area contributed by atoms with E-state index in [1.54, 1.807) is 18.2 Å². The number of hydrogen-bond acceptors (Lipinski definition) is 2. The summed E-state index contributed by atoms with van der Waals surface area (Å²) in [5, 5.41) is 3.32. The number of para-hydroxylation sites is 1. The van der Waals surface area contributed by atoms with Crippen LogP contribution in [0.5, 0.6) is 5.75 Å². The fraction of sp³-hybridized carbons (Fsp3) is 0.188. The number of halogens is 3. The highest BCUT2D eigenvalue weighted by Gasteiger charge is 2.14. The second-order valence-corrected chi connectivity index (χ2v) is 4.94. The van der Waals surface area contributed by atoms with Crippen LogP contribution >= 0.6 is 11.6 Å². The highest BCUT2D eigenvalue weighted by molar-refractivity contribution is 6.30. The lowest BCUT2D eigenvalue weighted by molar-refractivity contribution is -0.0501. The minimum atomic E-state index is -2.97. The van der Waals surface area contributed by atoms with Crippen LogP contribution in [0.4, 0.5) is 8.78 Å². The summed E-state index contributed by atoms with van der Waals surface area (Å²) in [4.78, 5) is 12.0. The highest BCUT2D eigenvalue weighted by Crippen LogP contribution is 2.20. The summed E-state index contributed by atoms with van der Waals surface area (Å²) in [7, 11) is 0. The molecule has 2 rings (SSSR count). The van der Waals surface area contributed by atoms with Crippen LogP contribution in [-0.2, 0) is 6.42 Å². The second-order valence-electron chi connectivity index (χ2n) is 4.51. The van der Waals surface area contributed by atoms with E-state index in [2.05, 4.69) is 10.1 Å². The lowest BCUT2D eigenvalue weighted by Crippen LogP contribution is -2.26. The number of ether oxygens (including phenoxy) is 1. The fourth-order valence-corrected chi connectivity index (χ4v) is 2.05. The molecular formula is C16H14ClF2NO2. The topological polar surface area (TPSA) is 38.3 Å². The third-order valence-electron chi connectivity index (χ3n) is 2.96. The Morgan fingerprint density at radius 2 is 1.82 bits per heavy atom. The van der Waals surface area contributed by atoms with Crippen LogP contribution in [0.15, 0.2) is 48.5 Å². The van der Waals surface area contributed by atoms with E-state index in [1.165, 1.54) is 18.2 Å². The zero-order valence-corrected chi connectivity index (χ0v) is 12.3. The van der Waals surface area contributed by atoms with Crippen molar-refractivity contribution in [3.63, 3.8) is 0 Å². The molecule has 22 heavy (non-hydrogen) atoms. The number of nitrogens with one attached hydrogen (secondary N) is 1. The normalized spacial score (nSPS) is 10.5. The van der Waals surface area contributed by atoms with Crippen molar-refractivity contribution in [3.05, 3.63) is 64.7 Å². The monoisotopic (exact) mass is 325 g/mol. The number of benzene rings is 2. The SMILES string of the molecule is O=C(NCCc1ccc(Cl)cc1)c1ccccc1OC(F)F. The third-order valence-corrected chi connectivity index (χ3v) is 3.21. The Labute approximate surface area is 131 Å². The van der Waals surface area contributed by atoms with Crippen molar-refractivity contribution in [2.75, 3.05) is 6.54 Å². The summed E-state index contributed by atoms with van der Waals surface area (Å²) < 4.78 is 28.9. The average Bonchev–Trinajstić information content (AvgIpc) is 2.49. The van der Waals surface area contributed by atoms with Gasteiger partial charge in [0.2, 0.25) is 0 Å². The molecule has 2 aromatic rings. The molecule has 0 aromatic heterocycles. The van der Waals surface area contributed by atoms with Gasteiger partial charge in [-0.3, -0.25) is 4.79 Å². The first-order valence-corrected chi connectivity index (χ1v) is 7.00. The Morgan fingerprint density at radius 1 is 1.14 bits per heavy atom. The van der Waals surface area contributed by atoms with Crippen molar-refractivity contribution in [3.8, 4) is 5.75 Å². The molecule has 0 unspecified atom stereocenters. The van der Waals surface area contributed by atoms with Gasteiger partial charge in [-0.2, -0.15) is 8.78 Å². The first-order chi connectivity index (χ1) is 10.6. The Hall–Kier alpha value is -2.14. The van der Waals surface area contributed by atoms with Gasteiger partial charge in [0.25, 0.3) is 5.91 Å². The van der Waals surface area contributed by atoms with Gasteiger partial charge in [0.05, 0.1) is 5.56 Å². The largest absolute Gasteiger partial charge is 0.434 e. The van der Waals surface area contributed by atoms with E-state index in [1.807, 2.05) is 12.1 Å². The molecule has 0 heterocycles. The average molecular weight is 326 g/mol. The number of hydrogen-bond donors (Lipinski definition) is 1. The molecule has 3 nitrogen and oxygen atoms in total. The van der Waals surface area contributed by atoms with E-state index >= 15 is 0 Å². The smallest absolute Gasteiger partial charge is 0.387 e. The maximum atomic E-state index is 12.3. The minimum absolute atomic E-state index is 0.0823. The van der Waals surface area contributed by atoms with Gasteiger partial charge in [0, 0.05) is 11.6 Å². The molecule has 0 aliphatic carbocycles. The van der Waals surface area contributed by atoms with E-state index < -0.39 is 12.5 Å². The zero-order valence-electron chi connectivity index (χ0n) is 11.6. The summed E-state index contributed by atoms with van der Waals surface area (Å²) in [6.45, 7) is -2.59. The lowest BCUT2D eigenvalue weighted by atomic mass is 10.1. The van der Waals surface area contributed by atoms with Gasteiger partial charge in [-0.05, 0) is 36.2 Å². The molecule has 0 atom stereocenters. The van der Waals surface area contributed by atoms with E-state index in [0.717, 1.165) is 5.56 Å². The maximum absolute atomic E-state index is 12.3. The van der Waals surface area contributed by atoms with E-state index in [4.69, 9.17) is 11.6 Å². The quantitative estimate of drug-likeness (QED) is 0.874. The number of alkyl halides is 2. The van der Waals surface area contributed by atoms with Crippen molar-refractivity contribution in [1.82, 2.24) is 5.32 Å². The summed E-state index contributed by atoms with van der Waals surface area (Å²) >= 11 is 5.79. The van der Waals surface area contributed by atoms with Crippen molar-refractivity contribution in [2.24, 2.45) is 0 Å². The van der Waals surface area contributed by atoms with Crippen molar-refractivity contribution in [1.29, 1.82) is 0 Å². The first-order valence-electron chi connectivity index (χ1n) is 6.63. The number of carbonyl (C=O) groups is 1. The lowest BCUT2D eigenvalue weighted by Gasteiger charge is -2.10. The molecule has 1 N–H and O–H groups in total. The van der Waals surface area contributed by atoms with E-state index in [9.17, 15) is 13.6 Å². The predicted octanol–water partition coefficient (Wildman–Crippen LogP) is 3.91. The van der Waals surface area contributed by atoms with Crippen LogP contribution in [-0.4, -0.2) is 19.1 Å². The summed E-state index contributed by atoms with van der Waals surface area (Å²) in [5.41, 5.74) is 1.10. The summed E-state index contributed by atoms with van der Waals surface area (Å²) in [6, 6.07) is 13.2. The van der Waals surface area contributed by atoms with Crippen LogP contribution in [0.2, 0.25) is 5.02 Å². The fourth-order valence-electron chi connectivity index (χ4n) is 1.92. The Bertz CT molecular complexity index is 632. The van der Waals surface area contributed by atoms with Gasteiger partial charge >= 0.3 is 6.61 Å². The number of rotatable bonds is 6. The molecule has 1 amide bonds. The van der Waals surface area contributed by atoms with Gasteiger partial charge in [0.1, 0.15) is 5.75 Å².